The molecule has 0 saturated heterocycles. The Bertz CT molecular complexity index is 814. The second-order valence-corrected chi connectivity index (χ2v) is 5.19. The molecule has 3 N–H and O–H groups in total. The van der Waals surface area contributed by atoms with Crippen LogP contribution in [0.3, 0.4) is 0 Å². The molecule has 6 nitrogen and oxygen atoms in total. The van der Waals surface area contributed by atoms with E-state index in [9.17, 15) is 14.4 Å². The smallest absolute Gasteiger partial charge is 0.338 e. The Hall–Kier alpha value is -3.15. The molecule has 3 amide bonds. The van der Waals surface area contributed by atoms with E-state index in [1.54, 1.807) is 12.1 Å². The number of esters is 1. The molecule has 1 aliphatic carbocycles. The van der Waals surface area contributed by atoms with Gasteiger partial charge in [-0.2, -0.15) is 0 Å². The molecule has 116 valence electrons. The standard InChI is InChI=1S/C17H14N2O4/c18-17(22)19-15(20)9-23-16(21)11-5-6-14-12(8-11)7-10-3-1-2-4-13(10)14/h1-6,8H,7,9H2,(H3,18,19,20,22). The summed E-state index contributed by atoms with van der Waals surface area (Å²) in [4.78, 5) is 33.7. The lowest BCUT2D eigenvalue weighted by molar-refractivity contribution is -0.123. The summed E-state index contributed by atoms with van der Waals surface area (Å²) in [5.41, 5.74) is 9.70. The minimum absolute atomic E-state index is 0.364. The molecule has 0 radical (unpaired) electrons. The summed E-state index contributed by atoms with van der Waals surface area (Å²) in [5, 5.41) is 1.83. The summed E-state index contributed by atoms with van der Waals surface area (Å²) < 4.78 is 4.87. The van der Waals surface area contributed by atoms with E-state index in [0.717, 1.165) is 17.5 Å². The summed E-state index contributed by atoms with van der Waals surface area (Å²) in [6.45, 7) is -0.556. The first-order valence-electron chi connectivity index (χ1n) is 7.02. The number of nitrogens with one attached hydrogen (secondary N) is 1. The first-order chi connectivity index (χ1) is 11.0. The molecule has 0 atom stereocenters. The Morgan fingerprint density at radius 2 is 1.78 bits per heavy atom. The van der Waals surface area contributed by atoms with E-state index in [0.29, 0.717) is 5.56 Å². The van der Waals surface area contributed by atoms with Crippen molar-refractivity contribution in [3.8, 4) is 11.1 Å². The Kier molecular flexibility index (Phi) is 3.80. The molecular weight excluding hydrogens is 296 g/mol. The maximum absolute atomic E-state index is 12.0. The van der Waals surface area contributed by atoms with Crippen LogP contribution in [0.5, 0.6) is 0 Å². The molecule has 0 unspecified atom stereocenters. The molecule has 2 aromatic carbocycles. The van der Waals surface area contributed by atoms with Crippen molar-refractivity contribution in [2.45, 2.75) is 6.42 Å². The number of hydrogen-bond donors (Lipinski definition) is 2. The fourth-order valence-electron chi connectivity index (χ4n) is 2.66. The lowest BCUT2D eigenvalue weighted by Crippen LogP contribution is -2.37. The first kappa shape index (κ1) is 14.8. The van der Waals surface area contributed by atoms with Crippen LogP contribution in [0.1, 0.15) is 21.5 Å². The molecule has 23 heavy (non-hydrogen) atoms. The molecule has 0 spiro atoms. The monoisotopic (exact) mass is 310 g/mol. The Morgan fingerprint density at radius 3 is 2.57 bits per heavy atom. The van der Waals surface area contributed by atoms with Gasteiger partial charge in [-0.1, -0.05) is 30.3 Å². The van der Waals surface area contributed by atoms with Crippen molar-refractivity contribution < 1.29 is 19.1 Å². The van der Waals surface area contributed by atoms with Crippen LogP contribution in [0.4, 0.5) is 4.79 Å². The number of ether oxygens (including phenoxy) is 1. The van der Waals surface area contributed by atoms with Crippen molar-refractivity contribution in [3.05, 3.63) is 59.2 Å². The number of amides is 3. The predicted molar refractivity (Wildman–Crippen MR) is 82.7 cm³/mol. The number of hydrogen-bond acceptors (Lipinski definition) is 4. The zero-order chi connectivity index (χ0) is 16.4. The van der Waals surface area contributed by atoms with Crippen LogP contribution in [0.15, 0.2) is 42.5 Å². The number of carbonyl (C=O) groups is 3. The maximum atomic E-state index is 12.0. The van der Waals surface area contributed by atoms with Crippen LogP contribution in [0, 0.1) is 0 Å². The zero-order valence-electron chi connectivity index (χ0n) is 12.2. The molecule has 3 rings (SSSR count). The SMILES string of the molecule is NC(=O)NC(=O)COC(=O)c1ccc2c(c1)Cc1ccccc1-2. The highest BCUT2D eigenvalue weighted by Crippen LogP contribution is 2.36. The second kappa shape index (κ2) is 5.92. The van der Waals surface area contributed by atoms with Gasteiger partial charge in [0.25, 0.3) is 5.91 Å². The third-order valence-electron chi connectivity index (χ3n) is 3.63. The third-order valence-corrected chi connectivity index (χ3v) is 3.63. The number of imide groups is 1. The van der Waals surface area contributed by atoms with Gasteiger partial charge >= 0.3 is 12.0 Å². The Labute approximate surface area is 132 Å². The molecule has 2 aromatic rings. The highest BCUT2D eigenvalue weighted by Gasteiger charge is 2.20. The molecule has 0 saturated carbocycles. The highest BCUT2D eigenvalue weighted by molar-refractivity contribution is 5.97. The molecule has 0 heterocycles. The fraction of sp³-hybridized carbons (Fsp3) is 0.118. The topological polar surface area (TPSA) is 98.5 Å². The number of primary amides is 1. The molecule has 0 bridgehead atoms. The van der Waals surface area contributed by atoms with Crippen LogP contribution in [-0.4, -0.2) is 24.5 Å². The van der Waals surface area contributed by atoms with Crippen molar-refractivity contribution >= 4 is 17.9 Å². The number of urea groups is 1. The average molecular weight is 310 g/mol. The van der Waals surface area contributed by atoms with Gasteiger partial charge in [-0.25, -0.2) is 9.59 Å². The van der Waals surface area contributed by atoms with Crippen LogP contribution in [-0.2, 0) is 16.0 Å². The first-order valence-corrected chi connectivity index (χ1v) is 7.02. The summed E-state index contributed by atoms with van der Waals surface area (Å²) in [5.74, 6) is -1.39. The van der Waals surface area contributed by atoms with Crippen molar-refractivity contribution in [2.24, 2.45) is 5.73 Å². The van der Waals surface area contributed by atoms with Crippen LogP contribution in [0.25, 0.3) is 11.1 Å². The van der Waals surface area contributed by atoms with Crippen molar-refractivity contribution in [1.29, 1.82) is 0 Å². The molecular formula is C17H14N2O4. The summed E-state index contributed by atoms with van der Waals surface area (Å²) in [7, 11) is 0. The van der Waals surface area contributed by atoms with Gasteiger partial charge < -0.3 is 10.5 Å². The van der Waals surface area contributed by atoms with Crippen LogP contribution in [0.2, 0.25) is 0 Å². The number of benzene rings is 2. The lowest BCUT2D eigenvalue weighted by Gasteiger charge is -2.06. The molecule has 0 fully saturated rings. The van der Waals surface area contributed by atoms with E-state index in [1.165, 1.54) is 11.1 Å². The largest absolute Gasteiger partial charge is 0.452 e. The van der Waals surface area contributed by atoms with E-state index < -0.39 is 24.5 Å². The number of rotatable bonds is 3. The third kappa shape index (κ3) is 3.06. The molecule has 0 aliphatic heterocycles. The molecule has 6 heteroatoms. The van der Waals surface area contributed by atoms with Gasteiger partial charge in [0.1, 0.15) is 0 Å². The van der Waals surface area contributed by atoms with E-state index in [-0.39, 0.29) is 0 Å². The molecule has 0 aromatic heterocycles. The van der Waals surface area contributed by atoms with Gasteiger partial charge in [0.05, 0.1) is 5.56 Å². The normalized spacial score (nSPS) is 11.3. The van der Waals surface area contributed by atoms with E-state index >= 15 is 0 Å². The van der Waals surface area contributed by atoms with Gasteiger partial charge in [-0.3, -0.25) is 10.1 Å². The Morgan fingerprint density at radius 1 is 1.04 bits per heavy atom. The van der Waals surface area contributed by atoms with E-state index in [1.807, 2.05) is 29.6 Å². The predicted octanol–water partition coefficient (Wildman–Crippen LogP) is 1.61. The average Bonchev–Trinajstić information content (AvgIpc) is 2.89. The highest BCUT2D eigenvalue weighted by atomic mass is 16.5. The summed E-state index contributed by atoms with van der Waals surface area (Å²) >= 11 is 0. The van der Waals surface area contributed by atoms with E-state index in [4.69, 9.17) is 10.5 Å². The quantitative estimate of drug-likeness (QED) is 0.718. The fourth-order valence-corrected chi connectivity index (χ4v) is 2.66. The Balaban J connectivity index is 1.71. The van der Waals surface area contributed by atoms with Crippen molar-refractivity contribution in [1.82, 2.24) is 5.32 Å². The zero-order valence-corrected chi connectivity index (χ0v) is 12.2. The van der Waals surface area contributed by atoms with E-state index in [2.05, 4.69) is 6.07 Å². The number of fused-ring (bicyclic) bond motifs is 3. The maximum Gasteiger partial charge on any atom is 0.338 e. The second-order valence-electron chi connectivity index (χ2n) is 5.19. The van der Waals surface area contributed by atoms with Crippen molar-refractivity contribution in [3.63, 3.8) is 0 Å². The minimum atomic E-state index is -0.985. The lowest BCUT2D eigenvalue weighted by atomic mass is 10.0. The van der Waals surface area contributed by atoms with Crippen LogP contribution >= 0.6 is 0 Å². The van der Waals surface area contributed by atoms with Gasteiger partial charge in [-0.15, -0.1) is 0 Å². The van der Waals surface area contributed by atoms with Crippen molar-refractivity contribution in [2.75, 3.05) is 6.61 Å². The number of carbonyl (C=O) groups excluding carboxylic acids is 3. The summed E-state index contributed by atoms with van der Waals surface area (Å²) in [6.07, 6.45) is 0.759. The van der Waals surface area contributed by atoms with Gasteiger partial charge in [0.15, 0.2) is 6.61 Å². The van der Waals surface area contributed by atoms with Gasteiger partial charge in [0.2, 0.25) is 0 Å². The minimum Gasteiger partial charge on any atom is -0.452 e. The molecule has 1 aliphatic rings. The van der Waals surface area contributed by atoms with Crippen LogP contribution < -0.4 is 11.1 Å². The summed E-state index contributed by atoms with van der Waals surface area (Å²) in [6, 6.07) is 12.4. The van der Waals surface area contributed by atoms with Gasteiger partial charge in [0, 0.05) is 0 Å². The number of nitrogens with two attached hydrogens (primary N) is 1. The van der Waals surface area contributed by atoms with Gasteiger partial charge in [-0.05, 0) is 40.8 Å².